The van der Waals surface area contributed by atoms with Crippen LogP contribution in [0.1, 0.15) is 24.8 Å². The largest absolute Gasteiger partial charge is 0.345 e. The number of halogens is 2. The van der Waals surface area contributed by atoms with Gasteiger partial charge in [0.2, 0.25) is 11.8 Å². The molecule has 2 rings (SSSR count). The Hall–Kier alpha value is -2.24. The fourth-order valence-electron chi connectivity index (χ4n) is 2.66. The van der Waals surface area contributed by atoms with Crippen molar-refractivity contribution in [1.82, 2.24) is 10.2 Å². The number of rotatable bonds is 5. The van der Waals surface area contributed by atoms with Crippen molar-refractivity contribution in [2.45, 2.75) is 31.2 Å². The molecular weight excluding hydrogens is 302 g/mol. The Morgan fingerprint density at radius 1 is 1.43 bits per heavy atom. The Morgan fingerprint density at radius 2 is 2.09 bits per heavy atom. The minimum atomic E-state index is -3.13. The third-order valence-corrected chi connectivity index (χ3v) is 4.00. The first-order chi connectivity index (χ1) is 10.8. The van der Waals surface area contributed by atoms with Gasteiger partial charge in [0, 0.05) is 13.0 Å². The van der Waals surface area contributed by atoms with Crippen LogP contribution in [-0.2, 0) is 9.59 Å². The van der Waals surface area contributed by atoms with Gasteiger partial charge < -0.3 is 10.2 Å². The van der Waals surface area contributed by atoms with E-state index in [0.29, 0.717) is 0 Å². The lowest BCUT2D eigenvalue weighted by atomic mass is 9.97. The molecule has 0 bridgehead atoms. The van der Waals surface area contributed by atoms with Gasteiger partial charge in [0.15, 0.2) is 0 Å². The number of likely N-dealkylation sites (tertiary alicyclic amines) is 1. The van der Waals surface area contributed by atoms with E-state index in [0.717, 1.165) is 16.5 Å². The Bertz CT molecular complexity index is 590. The maximum Gasteiger partial charge on any atom is 0.286 e. The summed E-state index contributed by atoms with van der Waals surface area (Å²) in [5.41, 5.74) is 0.976. The van der Waals surface area contributed by atoms with E-state index in [1.807, 2.05) is 37.3 Å². The topological polar surface area (TPSA) is 49.4 Å². The van der Waals surface area contributed by atoms with Gasteiger partial charge in [0.1, 0.15) is 6.04 Å². The van der Waals surface area contributed by atoms with Crippen LogP contribution in [0, 0.1) is 0 Å². The maximum atomic E-state index is 13.9. The summed E-state index contributed by atoms with van der Waals surface area (Å²) in [4.78, 5) is 24.5. The van der Waals surface area contributed by atoms with Crippen molar-refractivity contribution in [3.63, 3.8) is 0 Å². The first kappa shape index (κ1) is 17.1. The predicted octanol–water partition coefficient (Wildman–Crippen LogP) is 2.33. The molecule has 124 valence electrons. The monoisotopic (exact) mass is 322 g/mol. The van der Waals surface area contributed by atoms with Gasteiger partial charge in [-0.1, -0.05) is 43.8 Å². The second kappa shape index (κ2) is 6.89. The molecule has 1 heterocycles. The SMILES string of the molecule is C=CC(=O)N1CC(NC(=O)CC(C)c2ccccc2)C(F)(F)C1. The van der Waals surface area contributed by atoms with Gasteiger partial charge in [0.25, 0.3) is 5.92 Å². The molecule has 4 nitrogen and oxygen atoms in total. The highest BCUT2D eigenvalue weighted by molar-refractivity contribution is 5.87. The molecule has 6 heteroatoms. The minimum absolute atomic E-state index is 0.0721. The number of alkyl halides is 2. The average Bonchev–Trinajstić information content (AvgIpc) is 2.82. The molecule has 1 aromatic carbocycles. The fraction of sp³-hybridized carbons (Fsp3) is 0.412. The van der Waals surface area contributed by atoms with Crippen LogP contribution in [-0.4, -0.2) is 41.8 Å². The van der Waals surface area contributed by atoms with E-state index >= 15 is 0 Å². The van der Waals surface area contributed by atoms with Gasteiger partial charge in [-0.2, -0.15) is 0 Å². The van der Waals surface area contributed by atoms with Crippen molar-refractivity contribution in [3.8, 4) is 0 Å². The lowest BCUT2D eigenvalue weighted by molar-refractivity contribution is -0.126. The number of hydrogen-bond donors (Lipinski definition) is 1. The molecule has 1 aliphatic heterocycles. The molecule has 0 spiro atoms. The summed E-state index contributed by atoms with van der Waals surface area (Å²) in [5.74, 6) is -4.21. The third-order valence-electron chi connectivity index (χ3n) is 4.00. The van der Waals surface area contributed by atoms with Crippen molar-refractivity contribution in [2.24, 2.45) is 0 Å². The second-order valence-electron chi connectivity index (χ2n) is 5.82. The molecule has 1 aliphatic rings. The van der Waals surface area contributed by atoms with Crippen molar-refractivity contribution in [3.05, 3.63) is 48.6 Å². The second-order valence-corrected chi connectivity index (χ2v) is 5.82. The summed E-state index contributed by atoms with van der Waals surface area (Å²) < 4.78 is 27.9. The van der Waals surface area contributed by atoms with Gasteiger partial charge in [-0.05, 0) is 17.6 Å². The lowest BCUT2D eigenvalue weighted by Gasteiger charge is -2.20. The Labute approximate surface area is 134 Å². The Balaban J connectivity index is 1.94. The molecule has 1 saturated heterocycles. The maximum absolute atomic E-state index is 13.9. The van der Waals surface area contributed by atoms with Crippen LogP contribution in [0.2, 0.25) is 0 Å². The minimum Gasteiger partial charge on any atom is -0.345 e. The average molecular weight is 322 g/mol. The van der Waals surface area contributed by atoms with E-state index in [9.17, 15) is 18.4 Å². The Kier molecular flexibility index (Phi) is 5.13. The van der Waals surface area contributed by atoms with Crippen molar-refractivity contribution in [2.75, 3.05) is 13.1 Å². The van der Waals surface area contributed by atoms with Gasteiger partial charge in [-0.15, -0.1) is 0 Å². The zero-order chi connectivity index (χ0) is 17.0. The van der Waals surface area contributed by atoms with Crippen LogP contribution < -0.4 is 5.32 Å². The van der Waals surface area contributed by atoms with Crippen LogP contribution in [0.3, 0.4) is 0 Å². The smallest absolute Gasteiger partial charge is 0.286 e. The molecule has 1 aromatic rings. The van der Waals surface area contributed by atoms with Gasteiger partial charge >= 0.3 is 0 Å². The summed E-state index contributed by atoms with van der Waals surface area (Å²) in [7, 11) is 0. The van der Waals surface area contributed by atoms with Gasteiger partial charge in [-0.25, -0.2) is 8.78 Å². The number of nitrogens with one attached hydrogen (secondary N) is 1. The molecule has 2 amide bonds. The number of benzene rings is 1. The van der Waals surface area contributed by atoms with Crippen LogP contribution in [0.5, 0.6) is 0 Å². The number of amides is 2. The van der Waals surface area contributed by atoms with Crippen LogP contribution in [0.15, 0.2) is 43.0 Å². The van der Waals surface area contributed by atoms with E-state index < -0.39 is 30.3 Å². The fourth-order valence-corrected chi connectivity index (χ4v) is 2.66. The molecule has 23 heavy (non-hydrogen) atoms. The van der Waals surface area contributed by atoms with Crippen molar-refractivity contribution >= 4 is 11.8 Å². The lowest BCUT2D eigenvalue weighted by Crippen LogP contribution is -2.47. The van der Waals surface area contributed by atoms with Crippen molar-refractivity contribution in [1.29, 1.82) is 0 Å². The number of nitrogens with zero attached hydrogens (tertiary/aromatic N) is 1. The molecule has 1 N–H and O–H groups in total. The molecule has 0 aromatic heterocycles. The summed E-state index contributed by atoms with van der Waals surface area (Å²) in [5, 5.41) is 2.36. The first-order valence-corrected chi connectivity index (χ1v) is 7.47. The molecule has 1 fully saturated rings. The molecule has 0 radical (unpaired) electrons. The summed E-state index contributed by atoms with van der Waals surface area (Å²) in [6, 6.07) is 8.04. The van der Waals surface area contributed by atoms with E-state index in [2.05, 4.69) is 11.9 Å². The normalized spacial score (nSPS) is 20.8. The van der Waals surface area contributed by atoms with Crippen LogP contribution in [0.4, 0.5) is 8.78 Å². The van der Waals surface area contributed by atoms with Gasteiger partial charge in [-0.3, -0.25) is 9.59 Å². The first-order valence-electron chi connectivity index (χ1n) is 7.47. The van der Waals surface area contributed by atoms with E-state index in [1.54, 1.807) is 0 Å². The van der Waals surface area contributed by atoms with Gasteiger partial charge in [0.05, 0.1) is 6.54 Å². The molecule has 2 unspecified atom stereocenters. The van der Waals surface area contributed by atoms with E-state index in [1.165, 1.54) is 0 Å². The summed E-state index contributed by atoms with van der Waals surface area (Å²) in [6.07, 6.45) is 1.11. The molecule has 0 saturated carbocycles. The zero-order valence-corrected chi connectivity index (χ0v) is 13.0. The third kappa shape index (κ3) is 4.15. The van der Waals surface area contributed by atoms with Crippen LogP contribution >= 0.6 is 0 Å². The molecular formula is C17H20F2N2O2. The van der Waals surface area contributed by atoms with E-state index in [4.69, 9.17) is 0 Å². The quantitative estimate of drug-likeness (QED) is 0.846. The summed E-state index contributed by atoms with van der Waals surface area (Å²) >= 11 is 0. The standard InChI is InChI=1S/C17H20F2N2O2/c1-3-16(23)21-10-14(17(18,19)11-21)20-15(22)9-12(2)13-7-5-4-6-8-13/h3-8,12,14H,1,9-11H2,2H3,(H,20,22). The number of hydrogen-bond acceptors (Lipinski definition) is 2. The summed E-state index contributed by atoms with van der Waals surface area (Å²) in [6.45, 7) is 4.26. The van der Waals surface area contributed by atoms with Crippen LogP contribution in [0.25, 0.3) is 0 Å². The van der Waals surface area contributed by atoms with Crippen molar-refractivity contribution < 1.29 is 18.4 Å². The molecule has 0 aliphatic carbocycles. The highest BCUT2D eigenvalue weighted by Crippen LogP contribution is 2.28. The molecule has 2 atom stereocenters. The highest BCUT2D eigenvalue weighted by atomic mass is 19.3. The Morgan fingerprint density at radius 3 is 2.70 bits per heavy atom. The number of carbonyl (C=O) groups is 2. The van der Waals surface area contributed by atoms with E-state index in [-0.39, 0.29) is 18.9 Å². The highest BCUT2D eigenvalue weighted by Gasteiger charge is 2.49. The number of carbonyl (C=O) groups excluding carboxylic acids is 2. The zero-order valence-electron chi connectivity index (χ0n) is 13.0. The predicted molar refractivity (Wildman–Crippen MR) is 83.1 cm³/mol.